The van der Waals surface area contributed by atoms with Crippen LogP contribution in [0.4, 0.5) is 0 Å². The van der Waals surface area contributed by atoms with Crippen LogP contribution in [-0.2, 0) is 12.8 Å². The van der Waals surface area contributed by atoms with Crippen molar-refractivity contribution in [2.24, 2.45) is 17.6 Å². The molecular weight excluding hydrogens is 184 g/mol. The van der Waals surface area contributed by atoms with E-state index in [1.807, 2.05) is 6.20 Å². The fourth-order valence-electron chi connectivity index (χ4n) is 2.27. The maximum atomic E-state index is 5.70. The second-order valence-electron chi connectivity index (χ2n) is 4.55. The van der Waals surface area contributed by atoms with Crippen molar-refractivity contribution >= 4 is 0 Å². The van der Waals surface area contributed by atoms with E-state index >= 15 is 0 Å². The number of rotatable bonds is 4. The Morgan fingerprint density at radius 3 is 2.60 bits per heavy atom. The van der Waals surface area contributed by atoms with Gasteiger partial charge in [0.05, 0.1) is 0 Å². The smallest absolute Gasteiger partial charge is 0.0406 e. The molecule has 0 saturated heterocycles. The molecule has 0 radical (unpaired) electrons. The fraction of sp³-hybridized carbons (Fsp3) is 0.615. The fourth-order valence-corrected chi connectivity index (χ4v) is 2.27. The molecule has 15 heavy (non-hydrogen) atoms. The van der Waals surface area contributed by atoms with Gasteiger partial charge in [0.1, 0.15) is 0 Å². The SMILES string of the molecule is CCc1ccc(CC2CCC2CN)nc1. The Kier molecular flexibility index (Phi) is 3.37. The van der Waals surface area contributed by atoms with Crippen LogP contribution in [-0.4, -0.2) is 11.5 Å². The summed E-state index contributed by atoms with van der Waals surface area (Å²) in [5.74, 6) is 1.53. The summed E-state index contributed by atoms with van der Waals surface area (Å²) in [6, 6.07) is 4.36. The molecule has 1 aromatic heterocycles. The average molecular weight is 204 g/mol. The minimum atomic E-state index is 0.748. The lowest BCUT2D eigenvalue weighted by atomic mass is 9.71. The molecule has 2 heteroatoms. The molecule has 1 aliphatic carbocycles. The summed E-state index contributed by atoms with van der Waals surface area (Å²) in [6.07, 6.45) is 6.84. The molecule has 2 atom stereocenters. The second-order valence-corrected chi connectivity index (χ2v) is 4.55. The highest BCUT2D eigenvalue weighted by Gasteiger charge is 2.29. The van der Waals surface area contributed by atoms with E-state index in [0.29, 0.717) is 0 Å². The molecule has 0 spiro atoms. The average Bonchev–Trinajstić information content (AvgIpc) is 2.26. The number of nitrogens with two attached hydrogens (primary N) is 1. The molecule has 2 rings (SSSR count). The van der Waals surface area contributed by atoms with Crippen molar-refractivity contribution < 1.29 is 0 Å². The first-order valence-corrected chi connectivity index (χ1v) is 5.97. The summed E-state index contributed by atoms with van der Waals surface area (Å²) in [4.78, 5) is 4.50. The molecule has 1 heterocycles. The Bertz CT molecular complexity index is 303. The monoisotopic (exact) mass is 204 g/mol. The highest BCUT2D eigenvalue weighted by atomic mass is 14.7. The summed E-state index contributed by atoms with van der Waals surface area (Å²) in [5, 5.41) is 0. The number of hydrogen-bond acceptors (Lipinski definition) is 2. The van der Waals surface area contributed by atoms with Gasteiger partial charge in [-0.2, -0.15) is 0 Å². The van der Waals surface area contributed by atoms with Crippen LogP contribution >= 0.6 is 0 Å². The Morgan fingerprint density at radius 1 is 1.33 bits per heavy atom. The molecule has 1 aromatic rings. The van der Waals surface area contributed by atoms with Gasteiger partial charge < -0.3 is 5.73 Å². The normalized spacial score (nSPS) is 24.9. The van der Waals surface area contributed by atoms with Gasteiger partial charge in [0.25, 0.3) is 0 Å². The molecular formula is C13H20N2. The van der Waals surface area contributed by atoms with Crippen LogP contribution in [0.15, 0.2) is 18.3 Å². The molecule has 0 aliphatic heterocycles. The summed E-state index contributed by atoms with van der Waals surface area (Å²) in [7, 11) is 0. The third-order valence-corrected chi connectivity index (χ3v) is 3.64. The van der Waals surface area contributed by atoms with E-state index in [9.17, 15) is 0 Å². The Morgan fingerprint density at radius 2 is 2.13 bits per heavy atom. The number of aryl methyl sites for hydroxylation is 1. The topological polar surface area (TPSA) is 38.9 Å². The molecule has 2 N–H and O–H groups in total. The van der Waals surface area contributed by atoms with E-state index < -0.39 is 0 Å². The lowest BCUT2D eigenvalue weighted by Gasteiger charge is -2.35. The van der Waals surface area contributed by atoms with Crippen molar-refractivity contribution in [2.45, 2.75) is 32.6 Å². The number of nitrogens with zero attached hydrogens (tertiary/aromatic N) is 1. The lowest BCUT2D eigenvalue weighted by Crippen LogP contribution is -2.33. The predicted molar refractivity (Wildman–Crippen MR) is 62.6 cm³/mol. The Balaban J connectivity index is 1.93. The summed E-state index contributed by atoms with van der Waals surface area (Å²) < 4.78 is 0. The van der Waals surface area contributed by atoms with Crippen LogP contribution < -0.4 is 5.73 Å². The first kappa shape index (κ1) is 10.6. The van der Waals surface area contributed by atoms with E-state index in [0.717, 1.165) is 31.2 Å². The van der Waals surface area contributed by atoms with E-state index in [1.54, 1.807) is 0 Å². The van der Waals surface area contributed by atoms with E-state index in [4.69, 9.17) is 5.73 Å². The van der Waals surface area contributed by atoms with Gasteiger partial charge in [-0.3, -0.25) is 4.98 Å². The molecule has 2 unspecified atom stereocenters. The molecule has 0 amide bonds. The Labute approximate surface area is 91.9 Å². The van der Waals surface area contributed by atoms with Crippen LogP contribution in [0.5, 0.6) is 0 Å². The highest BCUT2D eigenvalue weighted by molar-refractivity contribution is 5.14. The first-order chi connectivity index (χ1) is 7.33. The minimum absolute atomic E-state index is 0.748. The van der Waals surface area contributed by atoms with Crippen LogP contribution in [0.2, 0.25) is 0 Å². The second kappa shape index (κ2) is 4.75. The Hall–Kier alpha value is -0.890. The molecule has 0 aromatic carbocycles. The molecule has 82 valence electrons. The van der Waals surface area contributed by atoms with Gasteiger partial charge in [-0.25, -0.2) is 0 Å². The largest absolute Gasteiger partial charge is 0.330 e. The number of aromatic nitrogens is 1. The van der Waals surface area contributed by atoms with Gasteiger partial charge in [0.15, 0.2) is 0 Å². The molecule has 2 nitrogen and oxygen atoms in total. The summed E-state index contributed by atoms with van der Waals surface area (Å²) >= 11 is 0. The zero-order valence-corrected chi connectivity index (χ0v) is 9.45. The van der Waals surface area contributed by atoms with Crippen molar-refractivity contribution in [3.05, 3.63) is 29.6 Å². The van der Waals surface area contributed by atoms with Gasteiger partial charge in [-0.15, -0.1) is 0 Å². The van der Waals surface area contributed by atoms with Gasteiger partial charge in [0, 0.05) is 11.9 Å². The maximum Gasteiger partial charge on any atom is 0.0406 e. The predicted octanol–water partition coefficient (Wildman–Crippen LogP) is 2.17. The van der Waals surface area contributed by atoms with Crippen LogP contribution in [0, 0.1) is 11.8 Å². The highest BCUT2D eigenvalue weighted by Crippen LogP contribution is 2.35. The zero-order valence-electron chi connectivity index (χ0n) is 9.45. The molecule has 1 fully saturated rings. The van der Waals surface area contributed by atoms with Gasteiger partial charge in [-0.05, 0) is 55.7 Å². The van der Waals surface area contributed by atoms with Gasteiger partial charge in [0.2, 0.25) is 0 Å². The first-order valence-electron chi connectivity index (χ1n) is 5.97. The van der Waals surface area contributed by atoms with Crippen LogP contribution in [0.25, 0.3) is 0 Å². The van der Waals surface area contributed by atoms with Crippen molar-refractivity contribution in [3.63, 3.8) is 0 Å². The molecule has 1 saturated carbocycles. The standard InChI is InChI=1S/C13H20N2/c1-2-10-3-6-13(15-9-10)7-11-4-5-12(11)8-14/h3,6,9,11-12H,2,4-5,7-8,14H2,1H3. The maximum absolute atomic E-state index is 5.70. The lowest BCUT2D eigenvalue weighted by molar-refractivity contribution is 0.182. The van der Waals surface area contributed by atoms with Crippen molar-refractivity contribution in [1.82, 2.24) is 4.98 Å². The van der Waals surface area contributed by atoms with Crippen LogP contribution in [0.1, 0.15) is 31.0 Å². The zero-order chi connectivity index (χ0) is 10.7. The van der Waals surface area contributed by atoms with Crippen molar-refractivity contribution in [3.8, 4) is 0 Å². The van der Waals surface area contributed by atoms with E-state index in [1.165, 1.54) is 24.1 Å². The van der Waals surface area contributed by atoms with Crippen molar-refractivity contribution in [1.29, 1.82) is 0 Å². The van der Waals surface area contributed by atoms with Gasteiger partial charge >= 0.3 is 0 Å². The van der Waals surface area contributed by atoms with E-state index in [-0.39, 0.29) is 0 Å². The molecule has 1 aliphatic rings. The third kappa shape index (κ3) is 2.37. The van der Waals surface area contributed by atoms with Gasteiger partial charge in [-0.1, -0.05) is 13.0 Å². The third-order valence-electron chi connectivity index (χ3n) is 3.64. The summed E-state index contributed by atoms with van der Waals surface area (Å²) in [6.45, 7) is 3.00. The number of hydrogen-bond donors (Lipinski definition) is 1. The quantitative estimate of drug-likeness (QED) is 0.816. The van der Waals surface area contributed by atoms with Crippen LogP contribution in [0.3, 0.4) is 0 Å². The number of pyridine rings is 1. The minimum Gasteiger partial charge on any atom is -0.330 e. The summed E-state index contributed by atoms with van der Waals surface area (Å²) in [5.41, 5.74) is 8.26. The molecule has 0 bridgehead atoms. The van der Waals surface area contributed by atoms with Crippen molar-refractivity contribution in [2.75, 3.05) is 6.54 Å². The van der Waals surface area contributed by atoms with E-state index in [2.05, 4.69) is 24.0 Å².